The van der Waals surface area contributed by atoms with Gasteiger partial charge in [0.05, 0.1) is 11.7 Å². The minimum absolute atomic E-state index is 0.365. The lowest BCUT2D eigenvalue weighted by molar-refractivity contribution is 0.429. The molecule has 11 heavy (non-hydrogen) atoms. The second-order valence-electron chi connectivity index (χ2n) is 2.98. The first kappa shape index (κ1) is 6.85. The Kier molecular flexibility index (Phi) is 1.66. The first-order valence-corrected chi connectivity index (χ1v) is 4.01. The summed E-state index contributed by atoms with van der Waals surface area (Å²) >= 11 is 0. The van der Waals surface area contributed by atoms with E-state index in [0.29, 0.717) is 6.04 Å². The molecular weight excluding hydrogens is 140 g/mol. The van der Waals surface area contributed by atoms with Gasteiger partial charge in [-0.25, -0.2) is 4.98 Å². The molecule has 0 aliphatic carbocycles. The third kappa shape index (κ3) is 1.28. The maximum atomic E-state index is 5.27. The van der Waals surface area contributed by atoms with Gasteiger partial charge in [-0.2, -0.15) is 0 Å². The van der Waals surface area contributed by atoms with E-state index >= 15 is 0 Å². The van der Waals surface area contributed by atoms with Gasteiger partial charge in [-0.1, -0.05) is 0 Å². The summed E-state index contributed by atoms with van der Waals surface area (Å²) in [4.78, 5) is 4.26. The molecule has 1 aromatic heterocycles. The predicted molar refractivity (Wildman–Crippen MR) is 41.2 cm³/mol. The van der Waals surface area contributed by atoms with Crippen LogP contribution in [-0.4, -0.2) is 11.5 Å². The lowest BCUT2D eigenvalue weighted by atomic mass is 10.2. The fraction of sp³-hybridized carbons (Fsp3) is 0.625. The van der Waals surface area contributed by atoms with Crippen LogP contribution in [0.15, 0.2) is 10.7 Å². The Bertz CT molecular complexity index is 238. The van der Waals surface area contributed by atoms with Crippen LogP contribution >= 0.6 is 0 Å². The van der Waals surface area contributed by atoms with E-state index in [1.165, 1.54) is 6.42 Å². The minimum atomic E-state index is 0.365. The fourth-order valence-corrected chi connectivity index (χ4v) is 1.43. The van der Waals surface area contributed by atoms with Crippen molar-refractivity contribution < 1.29 is 4.42 Å². The number of rotatable bonds is 1. The number of nitrogens with one attached hydrogen (secondary N) is 1. The van der Waals surface area contributed by atoms with Gasteiger partial charge in [-0.05, 0) is 26.3 Å². The van der Waals surface area contributed by atoms with Crippen molar-refractivity contribution in [2.45, 2.75) is 25.8 Å². The Morgan fingerprint density at radius 3 is 3.18 bits per heavy atom. The quantitative estimate of drug-likeness (QED) is 0.661. The van der Waals surface area contributed by atoms with Crippen molar-refractivity contribution in [2.75, 3.05) is 6.54 Å². The van der Waals surface area contributed by atoms with Crippen LogP contribution in [0.5, 0.6) is 0 Å². The van der Waals surface area contributed by atoms with Crippen LogP contribution in [0.3, 0.4) is 0 Å². The lowest BCUT2D eigenvalue weighted by Crippen LogP contribution is -2.12. The lowest BCUT2D eigenvalue weighted by Gasteiger charge is -2.02. The number of hydrogen-bond acceptors (Lipinski definition) is 3. The van der Waals surface area contributed by atoms with E-state index in [0.717, 1.165) is 24.6 Å². The zero-order valence-corrected chi connectivity index (χ0v) is 6.63. The van der Waals surface area contributed by atoms with Gasteiger partial charge in [-0.15, -0.1) is 0 Å². The molecule has 2 heterocycles. The highest BCUT2D eigenvalue weighted by molar-refractivity contribution is 4.99. The predicted octanol–water partition coefficient (Wildman–Crippen LogP) is 1.41. The highest BCUT2D eigenvalue weighted by Crippen LogP contribution is 2.21. The maximum Gasteiger partial charge on any atom is 0.211 e. The zero-order chi connectivity index (χ0) is 7.68. The van der Waals surface area contributed by atoms with Crippen molar-refractivity contribution in [1.29, 1.82) is 0 Å². The molecule has 1 unspecified atom stereocenters. The van der Waals surface area contributed by atoms with Crippen LogP contribution < -0.4 is 5.32 Å². The molecule has 1 aliphatic rings. The Labute approximate surface area is 65.8 Å². The molecule has 3 nitrogen and oxygen atoms in total. The standard InChI is InChI=1S/C8H12N2O/c1-6-5-11-8(10-6)7-3-2-4-9-7/h5,7,9H,2-4H2,1H3. The summed E-state index contributed by atoms with van der Waals surface area (Å²) in [5.74, 6) is 0.847. The van der Waals surface area contributed by atoms with Crippen molar-refractivity contribution in [1.82, 2.24) is 10.3 Å². The Balaban J connectivity index is 2.15. The molecule has 0 saturated carbocycles. The maximum absolute atomic E-state index is 5.27. The van der Waals surface area contributed by atoms with Gasteiger partial charge < -0.3 is 9.73 Å². The molecule has 1 aromatic rings. The van der Waals surface area contributed by atoms with Crippen LogP contribution in [0, 0.1) is 6.92 Å². The molecule has 0 bridgehead atoms. The molecule has 0 spiro atoms. The highest BCUT2D eigenvalue weighted by atomic mass is 16.3. The largest absolute Gasteiger partial charge is 0.447 e. The molecule has 1 aliphatic heterocycles. The zero-order valence-electron chi connectivity index (χ0n) is 6.63. The van der Waals surface area contributed by atoms with Crippen LogP contribution in [0.4, 0.5) is 0 Å². The van der Waals surface area contributed by atoms with Gasteiger partial charge in [0.1, 0.15) is 6.26 Å². The molecule has 1 atom stereocenters. The van der Waals surface area contributed by atoms with Crippen molar-refractivity contribution in [3.05, 3.63) is 17.8 Å². The number of nitrogens with zero attached hydrogens (tertiary/aromatic N) is 1. The third-order valence-electron chi connectivity index (χ3n) is 2.00. The minimum Gasteiger partial charge on any atom is -0.447 e. The van der Waals surface area contributed by atoms with Crippen molar-refractivity contribution in [3.8, 4) is 0 Å². The number of aromatic nitrogens is 1. The molecule has 0 amide bonds. The average molecular weight is 152 g/mol. The van der Waals surface area contributed by atoms with Gasteiger partial charge in [0, 0.05) is 0 Å². The summed E-state index contributed by atoms with van der Waals surface area (Å²) in [5, 5.41) is 3.33. The van der Waals surface area contributed by atoms with E-state index in [-0.39, 0.29) is 0 Å². The van der Waals surface area contributed by atoms with Gasteiger partial charge in [0.25, 0.3) is 0 Å². The SMILES string of the molecule is Cc1coc(C2CCCN2)n1. The molecule has 3 heteroatoms. The first-order chi connectivity index (χ1) is 5.36. The number of hydrogen-bond donors (Lipinski definition) is 1. The van der Waals surface area contributed by atoms with E-state index in [1.54, 1.807) is 6.26 Å². The molecule has 0 aromatic carbocycles. The molecule has 1 saturated heterocycles. The topological polar surface area (TPSA) is 38.1 Å². The van der Waals surface area contributed by atoms with Gasteiger partial charge in [0.2, 0.25) is 5.89 Å². The fourth-order valence-electron chi connectivity index (χ4n) is 1.43. The Morgan fingerprint density at radius 2 is 2.64 bits per heavy atom. The summed E-state index contributed by atoms with van der Waals surface area (Å²) in [5.41, 5.74) is 0.966. The Morgan fingerprint density at radius 1 is 1.73 bits per heavy atom. The van der Waals surface area contributed by atoms with Crippen LogP contribution in [0.2, 0.25) is 0 Å². The number of oxazole rings is 1. The third-order valence-corrected chi connectivity index (χ3v) is 2.00. The van der Waals surface area contributed by atoms with E-state index in [9.17, 15) is 0 Å². The summed E-state index contributed by atoms with van der Waals surface area (Å²) in [6.07, 6.45) is 4.08. The van der Waals surface area contributed by atoms with Crippen molar-refractivity contribution in [3.63, 3.8) is 0 Å². The van der Waals surface area contributed by atoms with Gasteiger partial charge in [0.15, 0.2) is 0 Å². The average Bonchev–Trinajstić information content (AvgIpc) is 2.55. The monoisotopic (exact) mass is 152 g/mol. The molecule has 0 radical (unpaired) electrons. The summed E-state index contributed by atoms with van der Waals surface area (Å²) < 4.78 is 5.27. The molecular formula is C8H12N2O. The molecule has 1 N–H and O–H groups in total. The van der Waals surface area contributed by atoms with E-state index in [4.69, 9.17) is 4.42 Å². The molecule has 2 rings (SSSR count). The molecule has 60 valence electrons. The van der Waals surface area contributed by atoms with Crippen molar-refractivity contribution in [2.24, 2.45) is 0 Å². The van der Waals surface area contributed by atoms with Gasteiger partial charge >= 0.3 is 0 Å². The second-order valence-corrected chi connectivity index (χ2v) is 2.98. The molecule has 1 fully saturated rings. The summed E-state index contributed by atoms with van der Waals surface area (Å²) in [7, 11) is 0. The number of aryl methyl sites for hydroxylation is 1. The van der Waals surface area contributed by atoms with Crippen LogP contribution in [0.1, 0.15) is 30.5 Å². The Hall–Kier alpha value is -0.830. The van der Waals surface area contributed by atoms with Crippen LogP contribution in [0.25, 0.3) is 0 Å². The summed E-state index contributed by atoms with van der Waals surface area (Å²) in [6, 6.07) is 0.365. The highest BCUT2D eigenvalue weighted by Gasteiger charge is 2.20. The second kappa shape index (κ2) is 2.66. The smallest absolute Gasteiger partial charge is 0.211 e. The first-order valence-electron chi connectivity index (χ1n) is 4.01. The van der Waals surface area contributed by atoms with E-state index in [1.807, 2.05) is 6.92 Å². The van der Waals surface area contributed by atoms with Gasteiger partial charge in [-0.3, -0.25) is 0 Å². The van der Waals surface area contributed by atoms with Crippen LogP contribution in [-0.2, 0) is 0 Å². The van der Waals surface area contributed by atoms with Crippen molar-refractivity contribution >= 4 is 0 Å². The normalized spacial score (nSPS) is 24.3. The van der Waals surface area contributed by atoms with E-state index in [2.05, 4.69) is 10.3 Å². The van der Waals surface area contributed by atoms with E-state index < -0.39 is 0 Å². The summed E-state index contributed by atoms with van der Waals surface area (Å²) in [6.45, 7) is 3.04.